The first kappa shape index (κ1) is 16.5. The van der Waals surface area contributed by atoms with Crippen molar-refractivity contribution in [2.24, 2.45) is 12.1 Å². The molecule has 3 heterocycles. The molecule has 0 saturated carbocycles. The number of ether oxygens (including phenoxy) is 1. The lowest BCUT2D eigenvalue weighted by molar-refractivity contribution is 0.282. The number of hydrogen-bond donors (Lipinski definition) is 0. The van der Waals surface area contributed by atoms with Crippen LogP contribution in [0, 0.1) is 0 Å². The molecule has 1 aliphatic heterocycles. The van der Waals surface area contributed by atoms with Gasteiger partial charge in [-0.3, -0.25) is 9.69 Å². The number of hydrogen-bond acceptors (Lipinski definition) is 6. The highest BCUT2D eigenvalue weighted by Gasteiger charge is 2.29. The summed E-state index contributed by atoms with van der Waals surface area (Å²) >= 11 is 6.15. The van der Waals surface area contributed by atoms with E-state index in [-0.39, 0.29) is 6.04 Å². The molecule has 0 aliphatic carbocycles. The van der Waals surface area contributed by atoms with E-state index in [2.05, 4.69) is 20.2 Å². The van der Waals surface area contributed by atoms with E-state index in [4.69, 9.17) is 16.3 Å². The first-order valence-electron chi connectivity index (χ1n) is 8.03. The number of hydrazone groups is 1. The van der Waals surface area contributed by atoms with E-state index in [0.717, 1.165) is 22.3 Å². The molecule has 26 heavy (non-hydrogen) atoms. The lowest BCUT2D eigenvalue weighted by Crippen LogP contribution is -2.26. The van der Waals surface area contributed by atoms with Gasteiger partial charge in [-0.15, -0.1) is 0 Å². The number of benzene rings is 1. The molecule has 0 N–H and O–H groups in total. The second kappa shape index (κ2) is 6.42. The van der Waals surface area contributed by atoms with Gasteiger partial charge < -0.3 is 4.74 Å². The van der Waals surface area contributed by atoms with Gasteiger partial charge in [0.15, 0.2) is 5.82 Å². The first-order chi connectivity index (χ1) is 12.6. The highest BCUT2D eigenvalue weighted by Crippen LogP contribution is 2.41. The predicted octanol–water partition coefficient (Wildman–Crippen LogP) is 2.91. The van der Waals surface area contributed by atoms with Gasteiger partial charge in [0.05, 0.1) is 18.9 Å². The molecular weight excluding hydrogens is 352 g/mol. The third-order valence-corrected chi connectivity index (χ3v) is 4.57. The van der Waals surface area contributed by atoms with E-state index >= 15 is 0 Å². The standard InChI is InChI=1S/C18H17ClN6O/c1-24-10-21-18(23-24)13-6-4-5-12(17(13)26-3)16-14-7-15(19)20-8-11(14)9-22-25(16)2/h4-10,16H,1-3H3. The Morgan fingerprint density at radius 1 is 1.15 bits per heavy atom. The van der Waals surface area contributed by atoms with Crippen LogP contribution in [0.4, 0.5) is 0 Å². The maximum atomic E-state index is 6.15. The molecule has 1 aliphatic rings. The number of para-hydroxylation sites is 1. The fourth-order valence-corrected chi connectivity index (χ4v) is 3.39. The van der Waals surface area contributed by atoms with Crippen molar-refractivity contribution in [2.75, 3.05) is 14.2 Å². The van der Waals surface area contributed by atoms with Gasteiger partial charge in [-0.1, -0.05) is 23.7 Å². The molecule has 1 unspecified atom stereocenters. The number of aromatic nitrogens is 4. The fourth-order valence-electron chi connectivity index (χ4n) is 3.23. The van der Waals surface area contributed by atoms with Crippen molar-refractivity contribution in [3.63, 3.8) is 0 Å². The van der Waals surface area contributed by atoms with E-state index in [0.29, 0.717) is 16.7 Å². The van der Waals surface area contributed by atoms with Gasteiger partial charge >= 0.3 is 0 Å². The number of halogens is 1. The number of aryl methyl sites for hydroxylation is 1. The quantitative estimate of drug-likeness (QED) is 0.665. The molecule has 0 saturated heterocycles. The van der Waals surface area contributed by atoms with Gasteiger partial charge in [-0.25, -0.2) is 9.97 Å². The topological polar surface area (TPSA) is 68.4 Å². The Bertz CT molecular complexity index is 999. The molecule has 4 rings (SSSR count). The van der Waals surface area contributed by atoms with Crippen molar-refractivity contribution in [1.29, 1.82) is 0 Å². The van der Waals surface area contributed by atoms with Crippen LogP contribution in [-0.2, 0) is 7.05 Å². The van der Waals surface area contributed by atoms with Crippen LogP contribution >= 0.6 is 11.6 Å². The monoisotopic (exact) mass is 368 g/mol. The Morgan fingerprint density at radius 3 is 2.73 bits per heavy atom. The van der Waals surface area contributed by atoms with Crippen LogP contribution in [-0.4, -0.2) is 45.1 Å². The Hall–Kier alpha value is -2.93. The molecule has 0 spiro atoms. The minimum atomic E-state index is -0.158. The highest BCUT2D eigenvalue weighted by molar-refractivity contribution is 6.29. The average molecular weight is 369 g/mol. The summed E-state index contributed by atoms with van der Waals surface area (Å²) in [6.07, 6.45) is 5.18. The van der Waals surface area contributed by atoms with Gasteiger partial charge in [0.1, 0.15) is 23.3 Å². The Labute approximate surface area is 155 Å². The van der Waals surface area contributed by atoms with Gasteiger partial charge in [0.25, 0.3) is 0 Å². The summed E-state index contributed by atoms with van der Waals surface area (Å²) in [5.41, 5.74) is 3.74. The zero-order valence-corrected chi connectivity index (χ0v) is 15.3. The maximum Gasteiger partial charge on any atom is 0.184 e. The van der Waals surface area contributed by atoms with Gasteiger partial charge in [-0.2, -0.15) is 10.2 Å². The van der Waals surface area contributed by atoms with Crippen LogP contribution in [0.1, 0.15) is 22.7 Å². The smallest absolute Gasteiger partial charge is 0.184 e. The summed E-state index contributed by atoms with van der Waals surface area (Å²) < 4.78 is 7.44. The van der Waals surface area contributed by atoms with E-state index in [9.17, 15) is 0 Å². The lowest BCUT2D eigenvalue weighted by atomic mass is 9.92. The molecule has 7 nitrogen and oxygen atoms in total. The number of pyridine rings is 1. The van der Waals surface area contributed by atoms with Gasteiger partial charge in [-0.05, 0) is 17.7 Å². The SMILES string of the molecule is COc1c(-c2ncn(C)n2)cccc1C1c2cc(Cl)ncc2C=NN1C. The Kier molecular flexibility index (Phi) is 4.08. The van der Waals surface area contributed by atoms with Crippen LogP contribution in [0.15, 0.2) is 41.9 Å². The fraction of sp³-hybridized carbons (Fsp3) is 0.222. The minimum Gasteiger partial charge on any atom is -0.496 e. The number of fused-ring (bicyclic) bond motifs is 1. The first-order valence-corrected chi connectivity index (χ1v) is 8.41. The lowest BCUT2D eigenvalue weighted by Gasteiger charge is -2.32. The van der Waals surface area contributed by atoms with Crippen LogP contribution in [0.25, 0.3) is 11.4 Å². The van der Waals surface area contributed by atoms with E-state index in [1.165, 1.54) is 0 Å². The van der Waals surface area contributed by atoms with Crippen molar-refractivity contribution in [3.05, 3.63) is 58.6 Å². The molecule has 0 radical (unpaired) electrons. The molecule has 2 aromatic heterocycles. The molecule has 3 aromatic rings. The number of rotatable bonds is 3. The zero-order chi connectivity index (χ0) is 18.3. The summed E-state index contributed by atoms with van der Waals surface area (Å²) in [7, 11) is 5.41. The average Bonchev–Trinajstić information content (AvgIpc) is 3.07. The third kappa shape index (κ3) is 2.70. The second-order valence-corrected chi connectivity index (χ2v) is 6.41. The second-order valence-electron chi connectivity index (χ2n) is 6.03. The molecule has 0 bridgehead atoms. The zero-order valence-electron chi connectivity index (χ0n) is 14.6. The molecule has 1 aromatic carbocycles. The van der Waals surface area contributed by atoms with Crippen molar-refractivity contribution in [1.82, 2.24) is 24.8 Å². The molecule has 132 valence electrons. The maximum absolute atomic E-state index is 6.15. The van der Waals surface area contributed by atoms with Crippen LogP contribution < -0.4 is 4.74 Å². The van der Waals surface area contributed by atoms with E-state index < -0.39 is 0 Å². The molecular formula is C18H17ClN6O. The van der Waals surface area contributed by atoms with Crippen LogP contribution in [0.3, 0.4) is 0 Å². The Balaban J connectivity index is 1.91. The summed E-state index contributed by atoms with van der Waals surface area (Å²) in [5, 5.41) is 11.2. The van der Waals surface area contributed by atoms with Gasteiger partial charge in [0, 0.05) is 31.4 Å². The summed E-state index contributed by atoms with van der Waals surface area (Å²) in [5.74, 6) is 1.33. The minimum absolute atomic E-state index is 0.158. The van der Waals surface area contributed by atoms with Crippen molar-refractivity contribution >= 4 is 17.8 Å². The molecule has 0 fully saturated rings. The van der Waals surface area contributed by atoms with Gasteiger partial charge in [0.2, 0.25) is 0 Å². The number of methoxy groups -OCH3 is 1. The number of nitrogens with zero attached hydrogens (tertiary/aromatic N) is 6. The molecule has 1 atom stereocenters. The van der Waals surface area contributed by atoms with E-state index in [1.807, 2.05) is 43.4 Å². The van der Waals surface area contributed by atoms with Crippen molar-refractivity contribution < 1.29 is 4.74 Å². The van der Waals surface area contributed by atoms with Crippen LogP contribution in [0.2, 0.25) is 5.15 Å². The normalized spacial score (nSPS) is 15.8. The molecule has 8 heteroatoms. The summed E-state index contributed by atoms with van der Waals surface area (Å²) in [6.45, 7) is 0. The summed E-state index contributed by atoms with van der Waals surface area (Å²) in [4.78, 5) is 8.51. The third-order valence-electron chi connectivity index (χ3n) is 4.37. The van der Waals surface area contributed by atoms with Crippen LogP contribution in [0.5, 0.6) is 5.75 Å². The Morgan fingerprint density at radius 2 is 2.00 bits per heavy atom. The largest absolute Gasteiger partial charge is 0.496 e. The highest BCUT2D eigenvalue weighted by atomic mass is 35.5. The van der Waals surface area contributed by atoms with E-state index in [1.54, 1.807) is 30.5 Å². The van der Waals surface area contributed by atoms with Crippen molar-refractivity contribution in [2.45, 2.75) is 6.04 Å². The molecule has 0 amide bonds. The summed E-state index contributed by atoms with van der Waals surface area (Å²) in [6, 6.07) is 7.65. The predicted molar refractivity (Wildman–Crippen MR) is 99.4 cm³/mol. The van der Waals surface area contributed by atoms with Crippen molar-refractivity contribution in [3.8, 4) is 17.1 Å².